The minimum absolute atomic E-state index is 0. The Hall–Kier alpha value is 1.46. The molecule has 0 unspecified atom stereocenters. The van der Waals surface area contributed by atoms with E-state index in [9.17, 15) is 8.42 Å². The molecule has 0 aromatic heterocycles. The summed E-state index contributed by atoms with van der Waals surface area (Å²) in [5.74, 6) is 0. The molecule has 0 fully saturated rings. The van der Waals surface area contributed by atoms with E-state index in [4.69, 9.17) is 4.55 Å². The Morgan fingerprint density at radius 3 is 1.75 bits per heavy atom. The van der Waals surface area contributed by atoms with Gasteiger partial charge in [-0.15, -0.1) is 0 Å². The Balaban J connectivity index is 0. The van der Waals surface area contributed by atoms with Gasteiger partial charge in [0, 0.05) is 58.2 Å². The Morgan fingerprint density at radius 2 is 1.75 bits per heavy atom. The summed E-state index contributed by atoms with van der Waals surface area (Å²) < 4.78 is 27.5. The van der Waals surface area contributed by atoms with Gasteiger partial charge in [-0.2, -0.15) is 8.42 Å². The SMILES string of the molecule is C=C(C)S(=O)(=O)O.[Rb]. The van der Waals surface area contributed by atoms with Crippen molar-refractivity contribution in [3.8, 4) is 0 Å². The maximum absolute atomic E-state index is 9.79. The summed E-state index contributed by atoms with van der Waals surface area (Å²) in [6, 6.07) is 0. The van der Waals surface area contributed by atoms with E-state index in [0.29, 0.717) is 0 Å². The third-order valence-electron chi connectivity index (χ3n) is 0.440. The van der Waals surface area contributed by atoms with Gasteiger partial charge < -0.3 is 0 Å². The zero-order chi connectivity index (χ0) is 6.08. The van der Waals surface area contributed by atoms with Crippen molar-refractivity contribution in [1.29, 1.82) is 0 Å². The second-order valence-corrected chi connectivity index (χ2v) is 2.82. The van der Waals surface area contributed by atoms with E-state index >= 15 is 0 Å². The average molecular weight is 208 g/mol. The average Bonchev–Trinajstić information content (AvgIpc) is 1.31. The van der Waals surface area contributed by atoms with Crippen molar-refractivity contribution >= 4 is 68.3 Å². The maximum Gasteiger partial charge on any atom is 0.289 e. The fourth-order valence-corrected chi connectivity index (χ4v) is 0. The van der Waals surface area contributed by atoms with Gasteiger partial charge in [0.1, 0.15) is 0 Å². The second-order valence-electron chi connectivity index (χ2n) is 1.18. The summed E-state index contributed by atoms with van der Waals surface area (Å²) in [5.41, 5.74) is 0. The molecule has 0 heterocycles. The van der Waals surface area contributed by atoms with Gasteiger partial charge in [0.25, 0.3) is 10.1 Å². The molecule has 8 heavy (non-hydrogen) atoms. The summed E-state index contributed by atoms with van der Waals surface area (Å²) in [6.45, 7) is 4.21. The first-order chi connectivity index (χ1) is 2.94. The third kappa shape index (κ3) is 5.59. The van der Waals surface area contributed by atoms with E-state index in [1.165, 1.54) is 6.92 Å². The first-order valence-electron chi connectivity index (χ1n) is 1.57. The summed E-state index contributed by atoms with van der Waals surface area (Å²) in [7, 11) is -3.94. The molecular formula is C3H6O3RbS. The van der Waals surface area contributed by atoms with Crippen molar-refractivity contribution in [1.82, 2.24) is 0 Å². The summed E-state index contributed by atoms with van der Waals surface area (Å²) >= 11 is 0. The van der Waals surface area contributed by atoms with Gasteiger partial charge in [0.05, 0.1) is 4.91 Å². The number of rotatable bonds is 1. The van der Waals surface area contributed by atoms with Crippen LogP contribution >= 0.6 is 0 Å². The fraction of sp³-hybridized carbons (Fsp3) is 0.333. The van der Waals surface area contributed by atoms with Gasteiger partial charge in [-0.05, 0) is 6.92 Å². The van der Waals surface area contributed by atoms with Crippen LogP contribution in [-0.2, 0) is 10.1 Å². The molecule has 0 atom stereocenters. The molecule has 0 aliphatic rings. The largest absolute Gasteiger partial charge is 0.289 e. The van der Waals surface area contributed by atoms with Gasteiger partial charge in [-0.25, -0.2) is 0 Å². The van der Waals surface area contributed by atoms with Crippen LogP contribution in [-0.4, -0.2) is 71.2 Å². The van der Waals surface area contributed by atoms with Crippen molar-refractivity contribution in [2.24, 2.45) is 0 Å². The minimum Gasteiger partial charge on any atom is -0.282 e. The molecule has 0 aromatic carbocycles. The predicted molar refractivity (Wildman–Crippen MR) is 32.1 cm³/mol. The molecule has 0 saturated heterocycles. The molecule has 1 radical (unpaired) electrons. The maximum atomic E-state index is 9.79. The topological polar surface area (TPSA) is 54.4 Å². The quantitative estimate of drug-likeness (QED) is 0.617. The van der Waals surface area contributed by atoms with E-state index in [1.54, 1.807) is 0 Å². The number of hydrogen-bond donors (Lipinski definition) is 1. The molecule has 3 nitrogen and oxygen atoms in total. The van der Waals surface area contributed by atoms with Gasteiger partial charge in [0.2, 0.25) is 0 Å². The van der Waals surface area contributed by atoms with Gasteiger partial charge in [-0.3, -0.25) is 4.55 Å². The van der Waals surface area contributed by atoms with E-state index < -0.39 is 10.1 Å². The Bertz CT molecular complexity index is 169. The van der Waals surface area contributed by atoms with Crippen LogP contribution in [0.1, 0.15) is 6.92 Å². The standard InChI is InChI=1S/C3H6O3S.Rb/c1-3(2)7(4,5)6;/h1H2,2H3,(H,4,5,6);. The number of allylic oxidation sites excluding steroid dienone is 1. The molecule has 0 aliphatic carbocycles. The zero-order valence-electron chi connectivity index (χ0n) is 4.88. The summed E-state index contributed by atoms with van der Waals surface area (Å²) in [4.78, 5) is -0.229. The van der Waals surface area contributed by atoms with E-state index in [-0.39, 0.29) is 63.1 Å². The zero-order valence-corrected chi connectivity index (χ0v) is 10.6. The van der Waals surface area contributed by atoms with Crippen LogP contribution in [0.15, 0.2) is 11.5 Å². The van der Waals surface area contributed by atoms with Crippen molar-refractivity contribution in [2.45, 2.75) is 6.92 Å². The van der Waals surface area contributed by atoms with Crippen LogP contribution in [0.5, 0.6) is 0 Å². The normalized spacial score (nSPS) is 9.75. The molecule has 5 heteroatoms. The molecule has 0 bridgehead atoms. The van der Waals surface area contributed by atoms with E-state index in [2.05, 4.69) is 6.58 Å². The van der Waals surface area contributed by atoms with E-state index in [1.807, 2.05) is 0 Å². The predicted octanol–water partition coefficient (Wildman–Crippen LogP) is 0.0270. The van der Waals surface area contributed by atoms with Gasteiger partial charge in [0.15, 0.2) is 0 Å². The van der Waals surface area contributed by atoms with Crippen LogP contribution in [0.3, 0.4) is 0 Å². The first kappa shape index (κ1) is 12.2. The van der Waals surface area contributed by atoms with Gasteiger partial charge in [-0.1, -0.05) is 6.58 Å². The molecule has 43 valence electrons. The Kier molecular flexibility index (Phi) is 6.54. The monoisotopic (exact) mass is 207 g/mol. The van der Waals surface area contributed by atoms with Crippen molar-refractivity contribution in [3.05, 3.63) is 11.5 Å². The molecule has 0 spiro atoms. The van der Waals surface area contributed by atoms with E-state index in [0.717, 1.165) is 0 Å². The van der Waals surface area contributed by atoms with Crippen LogP contribution in [0.25, 0.3) is 0 Å². The second kappa shape index (κ2) is 4.30. The smallest absolute Gasteiger partial charge is 0.282 e. The minimum atomic E-state index is -3.94. The Morgan fingerprint density at radius 1 is 1.62 bits per heavy atom. The van der Waals surface area contributed by atoms with Crippen molar-refractivity contribution in [2.75, 3.05) is 0 Å². The summed E-state index contributed by atoms with van der Waals surface area (Å²) in [6.07, 6.45) is 0. The first-order valence-corrected chi connectivity index (χ1v) is 3.01. The fourth-order valence-electron chi connectivity index (χ4n) is 0. The summed E-state index contributed by atoms with van der Waals surface area (Å²) in [5, 5.41) is 0. The van der Waals surface area contributed by atoms with Crippen LogP contribution in [0.2, 0.25) is 0 Å². The molecule has 0 aliphatic heterocycles. The Labute approximate surface area is 97.7 Å². The van der Waals surface area contributed by atoms with Crippen LogP contribution in [0, 0.1) is 0 Å². The molecular weight excluding hydrogens is 202 g/mol. The molecule has 0 saturated carbocycles. The molecule has 0 aromatic rings. The van der Waals surface area contributed by atoms with Crippen LogP contribution in [0.4, 0.5) is 0 Å². The molecule has 1 N–H and O–H groups in total. The molecule has 0 amide bonds. The third-order valence-corrected chi connectivity index (χ3v) is 1.32. The number of hydrogen-bond acceptors (Lipinski definition) is 2. The molecule has 0 rings (SSSR count). The van der Waals surface area contributed by atoms with Crippen molar-refractivity contribution < 1.29 is 13.0 Å². The van der Waals surface area contributed by atoms with Gasteiger partial charge >= 0.3 is 0 Å². The van der Waals surface area contributed by atoms with Crippen molar-refractivity contribution in [3.63, 3.8) is 0 Å². The van der Waals surface area contributed by atoms with Crippen LogP contribution < -0.4 is 0 Å².